The molecule has 0 saturated carbocycles. The van der Waals surface area contributed by atoms with Gasteiger partial charge in [0.1, 0.15) is 0 Å². The lowest BCUT2D eigenvalue weighted by Gasteiger charge is -2.14. The van der Waals surface area contributed by atoms with Crippen molar-refractivity contribution in [2.45, 2.75) is 38.1 Å². The molecule has 1 fully saturated rings. The molecule has 0 unspecified atom stereocenters. The van der Waals surface area contributed by atoms with Crippen molar-refractivity contribution in [2.75, 3.05) is 13.1 Å². The van der Waals surface area contributed by atoms with E-state index < -0.39 is 11.9 Å². The summed E-state index contributed by atoms with van der Waals surface area (Å²) < 4.78 is 0. The van der Waals surface area contributed by atoms with Gasteiger partial charge in [-0.25, -0.2) is 0 Å². The fraction of sp³-hybridized carbons (Fsp3) is 0.750. The van der Waals surface area contributed by atoms with Crippen LogP contribution in [0.15, 0.2) is 4.99 Å². The van der Waals surface area contributed by atoms with Gasteiger partial charge in [0.15, 0.2) is 11.7 Å². The third-order valence-corrected chi connectivity index (χ3v) is 3.25. The third kappa shape index (κ3) is 5.69. The number of carboxylic acids is 1. The summed E-state index contributed by atoms with van der Waals surface area (Å²) in [4.78, 5) is 26.8. The molecule has 0 aromatic carbocycles. The van der Waals surface area contributed by atoms with Crippen LogP contribution in [0.4, 0.5) is 0 Å². The summed E-state index contributed by atoms with van der Waals surface area (Å²) in [5.41, 5.74) is 10.4. The molecule has 0 aliphatic carbocycles. The van der Waals surface area contributed by atoms with E-state index in [0.29, 0.717) is 19.4 Å². The molecule has 1 heterocycles. The number of carbonyl (C=O) groups excluding carboxylic acids is 1. The highest BCUT2D eigenvalue weighted by molar-refractivity contribution is 5.88. The van der Waals surface area contributed by atoms with Crippen molar-refractivity contribution in [1.82, 2.24) is 5.32 Å². The number of carbonyl (C=O) groups is 2. The Morgan fingerprint density at radius 3 is 2.68 bits per heavy atom. The quantitative estimate of drug-likeness (QED) is 0.266. The maximum Gasteiger partial charge on any atom is 0.306 e. The minimum Gasteiger partial charge on any atom is -0.481 e. The summed E-state index contributed by atoms with van der Waals surface area (Å²) in [6.45, 7) is 1.22. The summed E-state index contributed by atoms with van der Waals surface area (Å²) >= 11 is 0. The first-order valence-corrected chi connectivity index (χ1v) is 6.55. The molecule has 7 nitrogen and oxygen atoms in total. The van der Waals surface area contributed by atoms with E-state index in [1.165, 1.54) is 0 Å². The predicted molar refractivity (Wildman–Crippen MR) is 71.7 cm³/mol. The lowest BCUT2D eigenvalue weighted by molar-refractivity contribution is -0.144. The number of aliphatic carboxylic acids is 1. The van der Waals surface area contributed by atoms with Crippen molar-refractivity contribution in [3.63, 3.8) is 0 Å². The van der Waals surface area contributed by atoms with Gasteiger partial charge in [0, 0.05) is 13.0 Å². The SMILES string of the molecule is NC(N)=NCCC[C@H](CC(=O)[C@@H]1CCCN1)C(=O)O. The van der Waals surface area contributed by atoms with Gasteiger partial charge >= 0.3 is 5.97 Å². The van der Waals surface area contributed by atoms with E-state index >= 15 is 0 Å². The molecular weight excluding hydrogens is 248 g/mol. The number of hydrogen-bond donors (Lipinski definition) is 4. The van der Waals surface area contributed by atoms with E-state index in [-0.39, 0.29) is 24.2 Å². The van der Waals surface area contributed by atoms with Gasteiger partial charge in [-0.05, 0) is 32.2 Å². The summed E-state index contributed by atoms with van der Waals surface area (Å²) in [6.07, 6.45) is 2.82. The lowest BCUT2D eigenvalue weighted by Crippen LogP contribution is -2.33. The van der Waals surface area contributed by atoms with E-state index in [1.807, 2.05) is 0 Å². The van der Waals surface area contributed by atoms with Crippen LogP contribution >= 0.6 is 0 Å². The molecule has 0 spiro atoms. The van der Waals surface area contributed by atoms with Crippen molar-refractivity contribution < 1.29 is 14.7 Å². The van der Waals surface area contributed by atoms with Crippen LogP contribution < -0.4 is 16.8 Å². The number of carboxylic acid groups (broad SMARTS) is 1. The monoisotopic (exact) mass is 270 g/mol. The largest absolute Gasteiger partial charge is 0.481 e. The van der Waals surface area contributed by atoms with Gasteiger partial charge in [0.2, 0.25) is 0 Å². The normalized spacial score (nSPS) is 19.9. The zero-order valence-electron chi connectivity index (χ0n) is 11.0. The van der Waals surface area contributed by atoms with E-state index in [4.69, 9.17) is 16.6 Å². The zero-order valence-corrected chi connectivity index (χ0v) is 11.0. The first-order valence-electron chi connectivity index (χ1n) is 6.55. The number of hydrogen-bond acceptors (Lipinski definition) is 4. The second-order valence-corrected chi connectivity index (χ2v) is 4.80. The molecule has 1 rings (SSSR count). The van der Waals surface area contributed by atoms with Gasteiger partial charge in [-0.2, -0.15) is 0 Å². The molecule has 19 heavy (non-hydrogen) atoms. The van der Waals surface area contributed by atoms with Crippen LogP contribution in [0.5, 0.6) is 0 Å². The first kappa shape index (κ1) is 15.4. The summed E-state index contributed by atoms with van der Waals surface area (Å²) in [6, 6.07) is -0.167. The minimum absolute atomic E-state index is 0.00175. The Hall–Kier alpha value is -1.63. The van der Waals surface area contributed by atoms with Crippen molar-refractivity contribution >= 4 is 17.7 Å². The molecule has 108 valence electrons. The van der Waals surface area contributed by atoms with Crippen molar-refractivity contribution in [3.8, 4) is 0 Å². The second kappa shape index (κ2) is 7.73. The second-order valence-electron chi connectivity index (χ2n) is 4.80. The van der Waals surface area contributed by atoms with E-state index in [0.717, 1.165) is 19.4 Å². The van der Waals surface area contributed by atoms with Crippen LogP contribution in [0.25, 0.3) is 0 Å². The van der Waals surface area contributed by atoms with Crippen LogP contribution in [0.2, 0.25) is 0 Å². The minimum atomic E-state index is -0.934. The molecule has 1 aliphatic rings. The van der Waals surface area contributed by atoms with E-state index in [1.54, 1.807) is 0 Å². The molecule has 0 aromatic rings. The molecule has 6 N–H and O–H groups in total. The van der Waals surface area contributed by atoms with Gasteiger partial charge in [-0.15, -0.1) is 0 Å². The van der Waals surface area contributed by atoms with Gasteiger partial charge < -0.3 is 21.9 Å². The number of nitrogens with one attached hydrogen (secondary N) is 1. The topological polar surface area (TPSA) is 131 Å². The van der Waals surface area contributed by atoms with Crippen LogP contribution in [-0.4, -0.2) is 41.9 Å². The maximum absolute atomic E-state index is 11.9. The van der Waals surface area contributed by atoms with Crippen LogP contribution in [0.3, 0.4) is 0 Å². The molecule has 0 amide bonds. The van der Waals surface area contributed by atoms with Gasteiger partial charge in [-0.3, -0.25) is 14.6 Å². The van der Waals surface area contributed by atoms with Crippen LogP contribution in [-0.2, 0) is 9.59 Å². The fourth-order valence-corrected chi connectivity index (χ4v) is 2.20. The average Bonchev–Trinajstić information content (AvgIpc) is 2.85. The highest BCUT2D eigenvalue weighted by Gasteiger charge is 2.27. The molecule has 2 atom stereocenters. The summed E-state index contributed by atoms with van der Waals surface area (Å²) in [5.74, 6) is -1.59. The summed E-state index contributed by atoms with van der Waals surface area (Å²) in [5, 5.41) is 12.2. The smallest absolute Gasteiger partial charge is 0.306 e. The Bertz CT molecular complexity index is 347. The molecule has 0 radical (unpaired) electrons. The Morgan fingerprint density at radius 2 is 2.16 bits per heavy atom. The standard InChI is InChI=1S/C12H22N4O3/c13-12(14)16-6-1-3-8(11(18)19)7-10(17)9-4-2-5-15-9/h8-9,15H,1-7H2,(H,18,19)(H4,13,14,16)/t8-,9+/m1/s1. The highest BCUT2D eigenvalue weighted by Crippen LogP contribution is 2.16. The number of ketones is 1. The zero-order chi connectivity index (χ0) is 14.3. The molecule has 0 aromatic heterocycles. The van der Waals surface area contributed by atoms with Crippen molar-refractivity contribution in [2.24, 2.45) is 22.4 Å². The third-order valence-electron chi connectivity index (χ3n) is 3.25. The Balaban J connectivity index is 2.37. The van der Waals surface area contributed by atoms with Gasteiger partial charge in [0.25, 0.3) is 0 Å². The molecule has 7 heteroatoms. The van der Waals surface area contributed by atoms with Crippen LogP contribution in [0, 0.1) is 5.92 Å². The summed E-state index contributed by atoms with van der Waals surface area (Å²) in [7, 11) is 0. The maximum atomic E-state index is 11.9. The number of Topliss-reactive ketones (excluding diaryl/α,β-unsaturated/α-hetero) is 1. The number of aliphatic imine (C=N–C) groups is 1. The Morgan fingerprint density at radius 1 is 1.42 bits per heavy atom. The average molecular weight is 270 g/mol. The van der Waals surface area contributed by atoms with E-state index in [2.05, 4.69) is 10.3 Å². The van der Waals surface area contributed by atoms with Crippen molar-refractivity contribution in [1.29, 1.82) is 0 Å². The van der Waals surface area contributed by atoms with E-state index in [9.17, 15) is 9.59 Å². The highest BCUT2D eigenvalue weighted by atomic mass is 16.4. The fourth-order valence-electron chi connectivity index (χ4n) is 2.20. The number of rotatable bonds is 8. The Kier molecular flexibility index (Phi) is 6.27. The molecule has 1 aliphatic heterocycles. The first-order chi connectivity index (χ1) is 9.00. The molecular formula is C12H22N4O3. The number of nitrogens with two attached hydrogens (primary N) is 2. The van der Waals surface area contributed by atoms with Crippen LogP contribution in [0.1, 0.15) is 32.1 Å². The molecule has 1 saturated heterocycles. The van der Waals surface area contributed by atoms with Gasteiger partial charge in [0.05, 0.1) is 12.0 Å². The van der Waals surface area contributed by atoms with Gasteiger partial charge in [-0.1, -0.05) is 0 Å². The lowest BCUT2D eigenvalue weighted by atomic mass is 9.94. The molecule has 0 bridgehead atoms. The Labute approximate surface area is 112 Å². The predicted octanol–water partition coefficient (Wildman–Crippen LogP) is -0.548. The number of guanidine groups is 1. The van der Waals surface area contributed by atoms with Crippen molar-refractivity contribution in [3.05, 3.63) is 0 Å². The number of nitrogens with zero attached hydrogens (tertiary/aromatic N) is 1.